The number of rotatable bonds is 3. The van der Waals surface area contributed by atoms with Crippen molar-refractivity contribution in [3.63, 3.8) is 0 Å². The third-order valence-electron chi connectivity index (χ3n) is 2.99. The molecule has 0 fully saturated rings. The lowest BCUT2D eigenvalue weighted by Crippen LogP contribution is -2.07. The van der Waals surface area contributed by atoms with Crippen LogP contribution in [0.3, 0.4) is 0 Å². The Bertz CT molecular complexity index is 808. The van der Waals surface area contributed by atoms with Crippen LogP contribution in [0.5, 0.6) is 0 Å². The standard InChI is InChI=1S/C14H11BrFN5/c15-12-7-19-13(17)14(21-12)20-6-9-4-8-2-1-3-18-11(8)5-10(9)16/h1-5,7H,6H2,(H2,17,19)(H,20,21). The monoisotopic (exact) mass is 347 g/mol. The molecule has 106 valence electrons. The number of hydrogen-bond acceptors (Lipinski definition) is 5. The maximum atomic E-state index is 14.0. The zero-order chi connectivity index (χ0) is 14.8. The van der Waals surface area contributed by atoms with Crippen molar-refractivity contribution >= 4 is 38.5 Å². The molecule has 0 spiro atoms. The van der Waals surface area contributed by atoms with Crippen molar-refractivity contribution in [2.45, 2.75) is 6.54 Å². The molecule has 0 aliphatic rings. The van der Waals surface area contributed by atoms with E-state index in [1.165, 1.54) is 12.3 Å². The lowest BCUT2D eigenvalue weighted by molar-refractivity contribution is 0.614. The van der Waals surface area contributed by atoms with E-state index in [1.54, 1.807) is 12.3 Å². The van der Waals surface area contributed by atoms with Gasteiger partial charge in [-0.25, -0.2) is 14.4 Å². The van der Waals surface area contributed by atoms with Gasteiger partial charge in [0, 0.05) is 29.8 Å². The van der Waals surface area contributed by atoms with Crippen LogP contribution in [0.15, 0.2) is 41.3 Å². The molecule has 0 saturated heterocycles. The fourth-order valence-corrected chi connectivity index (χ4v) is 2.24. The first kappa shape index (κ1) is 13.7. The average molecular weight is 348 g/mol. The van der Waals surface area contributed by atoms with Crippen molar-refractivity contribution in [2.24, 2.45) is 0 Å². The molecule has 7 heteroatoms. The van der Waals surface area contributed by atoms with Gasteiger partial charge < -0.3 is 11.1 Å². The summed E-state index contributed by atoms with van der Waals surface area (Å²) >= 11 is 3.22. The number of halogens is 2. The molecule has 2 aromatic heterocycles. The Morgan fingerprint density at radius 1 is 1.29 bits per heavy atom. The summed E-state index contributed by atoms with van der Waals surface area (Å²) in [6.45, 7) is 0.256. The number of fused-ring (bicyclic) bond motifs is 1. The lowest BCUT2D eigenvalue weighted by Gasteiger charge is -2.09. The van der Waals surface area contributed by atoms with Gasteiger partial charge in [-0.1, -0.05) is 6.07 Å². The fourth-order valence-electron chi connectivity index (χ4n) is 1.96. The number of nitrogens with zero attached hydrogens (tertiary/aromatic N) is 3. The van der Waals surface area contributed by atoms with Gasteiger partial charge in [-0.05, 0) is 28.1 Å². The van der Waals surface area contributed by atoms with E-state index in [4.69, 9.17) is 5.73 Å². The zero-order valence-corrected chi connectivity index (χ0v) is 12.4. The Labute approximate surface area is 128 Å². The number of nitrogens with two attached hydrogens (primary N) is 1. The summed E-state index contributed by atoms with van der Waals surface area (Å²) in [4.78, 5) is 12.2. The second-order valence-corrected chi connectivity index (χ2v) is 5.23. The maximum absolute atomic E-state index is 14.0. The number of nitrogen functional groups attached to an aromatic ring is 1. The van der Waals surface area contributed by atoms with E-state index in [1.807, 2.05) is 12.1 Å². The van der Waals surface area contributed by atoms with Crippen LogP contribution in [0.1, 0.15) is 5.56 Å². The van der Waals surface area contributed by atoms with Crippen molar-refractivity contribution < 1.29 is 4.39 Å². The summed E-state index contributed by atoms with van der Waals surface area (Å²) in [6, 6.07) is 6.88. The van der Waals surface area contributed by atoms with E-state index in [9.17, 15) is 4.39 Å². The highest BCUT2D eigenvalue weighted by Gasteiger charge is 2.08. The smallest absolute Gasteiger partial charge is 0.170 e. The van der Waals surface area contributed by atoms with Crippen LogP contribution in [-0.2, 0) is 6.54 Å². The highest BCUT2D eigenvalue weighted by Crippen LogP contribution is 2.20. The van der Waals surface area contributed by atoms with E-state index < -0.39 is 0 Å². The topological polar surface area (TPSA) is 76.7 Å². The molecule has 0 saturated carbocycles. The summed E-state index contributed by atoms with van der Waals surface area (Å²) in [7, 11) is 0. The zero-order valence-electron chi connectivity index (χ0n) is 10.8. The molecule has 0 radical (unpaired) electrons. The van der Waals surface area contributed by atoms with E-state index in [2.05, 4.69) is 36.2 Å². The highest BCUT2D eigenvalue weighted by atomic mass is 79.9. The Hall–Kier alpha value is -2.28. The van der Waals surface area contributed by atoms with Gasteiger partial charge in [0.1, 0.15) is 10.4 Å². The Morgan fingerprint density at radius 2 is 2.14 bits per heavy atom. The van der Waals surface area contributed by atoms with E-state index >= 15 is 0 Å². The largest absolute Gasteiger partial charge is 0.381 e. The first-order chi connectivity index (χ1) is 10.1. The minimum atomic E-state index is -0.324. The minimum absolute atomic E-state index is 0.256. The lowest BCUT2D eigenvalue weighted by atomic mass is 10.1. The SMILES string of the molecule is Nc1ncc(Br)nc1NCc1cc2cccnc2cc1F. The first-order valence-corrected chi connectivity index (χ1v) is 6.98. The fraction of sp³-hybridized carbons (Fsp3) is 0.0714. The predicted octanol–water partition coefficient (Wildman–Crippen LogP) is 3.12. The molecule has 0 amide bonds. The molecule has 0 aliphatic carbocycles. The predicted molar refractivity (Wildman–Crippen MR) is 83.2 cm³/mol. The number of pyridine rings is 1. The molecular weight excluding hydrogens is 337 g/mol. The summed E-state index contributed by atoms with van der Waals surface area (Å²) in [6.07, 6.45) is 3.14. The van der Waals surface area contributed by atoms with E-state index in [0.717, 1.165) is 5.39 Å². The van der Waals surface area contributed by atoms with Gasteiger partial charge in [0.15, 0.2) is 11.6 Å². The van der Waals surface area contributed by atoms with Crippen LogP contribution in [0.25, 0.3) is 10.9 Å². The number of anilines is 2. The molecule has 3 rings (SSSR count). The molecule has 0 bridgehead atoms. The quantitative estimate of drug-likeness (QED) is 0.761. The van der Waals surface area contributed by atoms with Crippen LogP contribution in [0.2, 0.25) is 0 Å². The summed E-state index contributed by atoms with van der Waals surface area (Å²) in [5, 5.41) is 3.87. The molecule has 0 aliphatic heterocycles. The molecule has 0 atom stereocenters. The van der Waals surface area contributed by atoms with Crippen molar-refractivity contribution in [3.05, 3.63) is 52.6 Å². The van der Waals surface area contributed by atoms with Crippen molar-refractivity contribution in [1.29, 1.82) is 0 Å². The number of aromatic nitrogens is 3. The third-order valence-corrected chi connectivity index (χ3v) is 3.37. The van der Waals surface area contributed by atoms with Gasteiger partial charge in [0.2, 0.25) is 0 Å². The number of hydrogen-bond donors (Lipinski definition) is 2. The third kappa shape index (κ3) is 2.92. The molecule has 2 heterocycles. The second-order valence-electron chi connectivity index (χ2n) is 4.42. The van der Waals surface area contributed by atoms with Crippen LogP contribution >= 0.6 is 15.9 Å². The molecule has 5 nitrogen and oxygen atoms in total. The summed E-state index contributed by atoms with van der Waals surface area (Å²) < 4.78 is 14.6. The van der Waals surface area contributed by atoms with Gasteiger partial charge in [-0.15, -0.1) is 0 Å². The normalized spacial score (nSPS) is 10.8. The summed E-state index contributed by atoms with van der Waals surface area (Å²) in [5.74, 6) is 0.353. The van der Waals surface area contributed by atoms with Gasteiger partial charge in [-0.3, -0.25) is 4.98 Å². The van der Waals surface area contributed by atoms with Gasteiger partial charge in [-0.2, -0.15) is 0 Å². The maximum Gasteiger partial charge on any atom is 0.170 e. The Morgan fingerprint density at radius 3 is 3.00 bits per heavy atom. The molecule has 0 unspecified atom stereocenters. The van der Waals surface area contributed by atoms with Gasteiger partial charge >= 0.3 is 0 Å². The average Bonchev–Trinajstić information content (AvgIpc) is 2.48. The molecule has 21 heavy (non-hydrogen) atoms. The highest BCUT2D eigenvalue weighted by molar-refractivity contribution is 9.10. The van der Waals surface area contributed by atoms with Crippen LogP contribution in [0, 0.1) is 5.82 Å². The van der Waals surface area contributed by atoms with Crippen LogP contribution in [-0.4, -0.2) is 15.0 Å². The van der Waals surface area contributed by atoms with Crippen molar-refractivity contribution in [2.75, 3.05) is 11.1 Å². The second kappa shape index (κ2) is 5.61. The molecule has 3 aromatic rings. The molecule has 1 aromatic carbocycles. The van der Waals surface area contributed by atoms with Crippen LogP contribution in [0.4, 0.5) is 16.0 Å². The van der Waals surface area contributed by atoms with Crippen LogP contribution < -0.4 is 11.1 Å². The van der Waals surface area contributed by atoms with E-state index in [-0.39, 0.29) is 18.2 Å². The minimum Gasteiger partial charge on any atom is -0.381 e. The van der Waals surface area contributed by atoms with Crippen molar-refractivity contribution in [3.8, 4) is 0 Å². The van der Waals surface area contributed by atoms with Crippen molar-refractivity contribution in [1.82, 2.24) is 15.0 Å². The first-order valence-electron chi connectivity index (χ1n) is 6.18. The van der Waals surface area contributed by atoms with E-state index in [0.29, 0.717) is 21.5 Å². The summed E-state index contributed by atoms with van der Waals surface area (Å²) in [5.41, 5.74) is 6.86. The number of benzene rings is 1. The molecule has 3 N–H and O–H groups in total. The Kier molecular flexibility index (Phi) is 3.66. The Balaban J connectivity index is 1.88. The van der Waals surface area contributed by atoms with Gasteiger partial charge in [0.05, 0.1) is 11.7 Å². The van der Waals surface area contributed by atoms with Gasteiger partial charge in [0.25, 0.3) is 0 Å². The molecular formula is C14H11BrFN5. The number of nitrogens with one attached hydrogen (secondary N) is 1.